The fraction of sp³-hybridized carbons (Fsp3) is 0.174. The quantitative estimate of drug-likeness (QED) is 0.397. The second-order valence-electron chi connectivity index (χ2n) is 6.94. The smallest absolute Gasteiger partial charge is 0.296 e. The van der Waals surface area contributed by atoms with E-state index in [9.17, 15) is 14.7 Å². The van der Waals surface area contributed by atoms with Crippen molar-refractivity contribution >= 4 is 17.4 Å². The Morgan fingerprint density at radius 3 is 2.67 bits per heavy atom. The van der Waals surface area contributed by atoms with Gasteiger partial charge in [0.2, 0.25) is 0 Å². The molecule has 1 aliphatic heterocycles. The maximum Gasteiger partial charge on any atom is 0.296 e. The van der Waals surface area contributed by atoms with Crippen LogP contribution in [0.3, 0.4) is 0 Å². The predicted octanol–water partition coefficient (Wildman–Crippen LogP) is 3.61. The number of rotatable bonds is 5. The molecule has 1 aliphatic rings. The van der Waals surface area contributed by atoms with Gasteiger partial charge in [0.05, 0.1) is 31.2 Å². The van der Waals surface area contributed by atoms with Crippen LogP contribution in [-0.2, 0) is 16.1 Å². The number of nitrogens with zero attached hydrogens (tertiary/aromatic N) is 2. The summed E-state index contributed by atoms with van der Waals surface area (Å²) in [5, 5.41) is 11.1. The molecule has 7 heteroatoms. The lowest BCUT2D eigenvalue weighted by atomic mass is 9.97. The number of Topliss-reactive ketones (excluding diaryl/α,β-unsaturated/α-hetero) is 1. The highest BCUT2D eigenvalue weighted by atomic mass is 16.5. The third-order valence-corrected chi connectivity index (χ3v) is 5.10. The summed E-state index contributed by atoms with van der Waals surface area (Å²) in [5.74, 6) is -0.715. The average Bonchev–Trinajstić information content (AvgIpc) is 3.37. The van der Waals surface area contributed by atoms with E-state index in [4.69, 9.17) is 9.15 Å². The van der Waals surface area contributed by atoms with Crippen molar-refractivity contribution in [2.45, 2.75) is 19.5 Å². The van der Waals surface area contributed by atoms with Gasteiger partial charge in [0.25, 0.3) is 11.7 Å². The van der Waals surface area contributed by atoms with Crippen LogP contribution in [0.5, 0.6) is 5.75 Å². The Kier molecular flexibility index (Phi) is 5.10. The number of aromatic nitrogens is 1. The van der Waals surface area contributed by atoms with Crippen molar-refractivity contribution in [2.75, 3.05) is 7.11 Å². The molecule has 152 valence electrons. The van der Waals surface area contributed by atoms with E-state index in [1.54, 1.807) is 62.7 Å². The first-order chi connectivity index (χ1) is 14.5. The Balaban J connectivity index is 1.84. The van der Waals surface area contributed by atoms with E-state index in [0.29, 0.717) is 28.3 Å². The molecule has 0 aliphatic carbocycles. The summed E-state index contributed by atoms with van der Waals surface area (Å²) in [6, 6.07) is 12.9. The van der Waals surface area contributed by atoms with Gasteiger partial charge in [0.15, 0.2) is 0 Å². The van der Waals surface area contributed by atoms with Gasteiger partial charge in [-0.3, -0.25) is 14.6 Å². The second-order valence-corrected chi connectivity index (χ2v) is 6.94. The molecule has 0 spiro atoms. The number of methoxy groups -OCH3 is 1. The van der Waals surface area contributed by atoms with Crippen LogP contribution in [0, 0.1) is 6.92 Å². The first-order valence-corrected chi connectivity index (χ1v) is 9.38. The number of aliphatic hydroxyl groups is 1. The van der Waals surface area contributed by atoms with Crippen molar-refractivity contribution in [3.05, 3.63) is 89.1 Å². The number of furan rings is 1. The van der Waals surface area contributed by atoms with E-state index in [-0.39, 0.29) is 17.9 Å². The van der Waals surface area contributed by atoms with E-state index in [1.165, 1.54) is 11.2 Å². The van der Waals surface area contributed by atoms with Gasteiger partial charge in [-0.05, 0) is 55.0 Å². The van der Waals surface area contributed by atoms with Crippen LogP contribution in [0.1, 0.15) is 28.6 Å². The number of benzene rings is 1. The van der Waals surface area contributed by atoms with Gasteiger partial charge in [-0.25, -0.2) is 0 Å². The van der Waals surface area contributed by atoms with E-state index < -0.39 is 17.7 Å². The highest BCUT2D eigenvalue weighted by Crippen LogP contribution is 2.41. The highest BCUT2D eigenvalue weighted by molar-refractivity contribution is 6.46. The molecule has 0 bridgehead atoms. The van der Waals surface area contributed by atoms with E-state index in [2.05, 4.69) is 4.98 Å². The second kappa shape index (κ2) is 7.87. The number of aliphatic hydroxyl groups excluding tert-OH is 1. The van der Waals surface area contributed by atoms with Crippen LogP contribution in [-0.4, -0.2) is 33.8 Å². The third-order valence-electron chi connectivity index (χ3n) is 5.10. The molecule has 1 fully saturated rings. The molecule has 1 amide bonds. The number of hydrogen-bond donors (Lipinski definition) is 1. The van der Waals surface area contributed by atoms with Crippen LogP contribution < -0.4 is 4.74 Å². The summed E-state index contributed by atoms with van der Waals surface area (Å²) < 4.78 is 10.7. The van der Waals surface area contributed by atoms with Gasteiger partial charge < -0.3 is 19.2 Å². The van der Waals surface area contributed by atoms with Gasteiger partial charge in [-0.2, -0.15) is 0 Å². The summed E-state index contributed by atoms with van der Waals surface area (Å²) in [4.78, 5) is 31.5. The Hall–Kier alpha value is -3.87. The molecule has 7 nitrogen and oxygen atoms in total. The highest BCUT2D eigenvalue weighted by Gasteiger charge is 2.47. The molecule has 1 saturated heterocycles. The molecule has 2 aromatic heterocycles. The van der Waals surface area contributed by atoms with E-state index in [1.807, 2.05) is 6.07 Å². The first-order valence-electron chi connectivity index (χ1n) is 9.38. The first kappa shape index (κ1) is 19.4. The molecule has 1 aromatic carbocycles. The maximum atomic E-state index is 13.0. The molecule has 30 heavy (non-hydrogen) atoms. The fourth-order valence-electron chi connectivity index (χ4n) is 3.63. The Bertz CT molecular complexity index is 1120. The normalized spacial score (nSPS) is 18.1. The molecular weight excluding hydrogens is 384 g/mol. The van der Waals surface area contributed by atoms with Gasteiger partial charge in [-0.15, -0.1) is 0 Å². The number of pyridine rings is 1. The SMILES string of the molecule is COc1ccc(/C(O)=C2/C(=O)C(=O)N(Cc3ccccn3)C2c2ccco2)c(C)c1. The minimum absolute atomic E-state index is 0.0147. The zero-order chi connectivity index (χ0) is 21.3. The summed E-state index contributed by atoms with van der Waals surface area (Å²) in [7, 11) is 1.55. The van der Waals surface area contributed by atoms with Crippen molar-refractivity contribution in [1.82, 2.24) is 9.88 Å². The minimum atomic E-state index is -0.858. The van der Waals surface area contributed by atoms with Crippen LogP contribution in [0.15, 0.2) is 71.0 Å². The molecule has 0 radical (unpaired) electrons. The number of amides is 1. The Morgan fingerprint density at radius 1 is 1.20 bits per heavy atom. The lowest BCUT2D eigenvalue weighted by molar-refractivity contribution is -0.140. The van der Waals surface area contributed by atoms with E-state index >= 15 is 0 Å². The van der Waals surface area contributed by atoms with Crippen LogP contribution in [0.25, 0.3) is 5.76 Å². The lowest BCUT2D eigenvalue weighted by Crippen LogP contribution is -2.29. The number of hydrogen-bond acceptors (Lipinski definition) is 6. The summed E-state index contributed by atoms with van der Waals surface area (Å²) in [5.41, 5.74) is 1.76. The van der Waals surface area contributed by atoms with Gasteiger partial charge in [0.1, 0.15) is 23.3 Å². The summed E-state index contributed by atoms with van der Waals surface area (Å²) >= 11 is 0. The molecule has 1 unspecified atom stereocenters. The van der Waals surface area contributed by atoms with Crippen molar-refractivity contribution in [2.24, 2.45) is 0 Å². The minimum Gasteiger partial charge on any atom is -0.507 e. The summed E-state index contributed by atoms with van der Waals surface area (Å²) in [6.45, 7) is 1.90. The monoisotopic (exact) mass is 404 g/mol. The zero-order valence-electron chi connectivity index (χ0n) is 16.5. The number of carbonyl (C=O) groups is 2. The summed E-state index contributed by atoms with van der Waals surface area (Å²) in [6.07, 6.45) is 3.09. The Morgan fingerprint density at radius 2 is 2.03 bits per heavy atom. The number of aryl methyl sites for hydroxylation is 1. The molecule has 0 saturated carbocycles. The number of carbonyl (C=O) groups excluding carboxylic acids is 2. The molecule has 3 aromatic rings. The molecule has 1 N–H and O–H groups in total. The van der Waals surface area contributed by atoms with Crippen molar-refractivity contribution in [1.29, 1.82) is 0 Å². The molecule has 1 atom stereocenters. The molecule has 3 heterocycles. The number of ketones is 1. The predicted molar refractivity (Wildman–Crippen MR) is 109 cm³/mol. The lowest BCUT2D eigenvalue weighted by Gasteiger charge is -2.23. The third kappa shape index (κ3) is 3.34. The fourth-order valence-corrected chi connectivity index (χ4v) is 3.63. The van der Waals surface area contributed by atoms with Gasteiger partial charge in [-0.1, -0.05) is 6.07 Å². The van der Waals surface area contributed by atoms with Gasteiger partial charge in [0, 0.05) is 11.8 Å². The van der Waals surface area contributed by atoms with Crippen LogP contribution in [0.2, 0.25) is 0 Å². The van der Waals surface area contributed by atoms with Crippen molar-refractivity contribution in [3.8, 4) is 5.75 Å². The van der Waals surface area contributed by atoms with Crippen LogP contribution in [0.4, 0.5) is 0 Å². The van der Waals surface area contributed by atoms with Crippen molar-refractivity contribution < 1.29 is 23.8 Å². The van der Waals surface area contributed by atoms with Crippen molar-refractivity contribution in [3.63, 3.8) is 0 Å². The number of likely N-dealkylation sites (tertiary alicyclic amines) is 1. The molecular formula is C23H20N2O5. The maximum absolute atomic E-state index is 13.0. The Labute approximate surface area is 173 Å². The number of ether oxygens (including phenoxy) is 1. The van der Waals surface area contributed by atoms with Crippen LogP contribution >= 0.6 is 0 Å². The van der Waals surface area contributed by atoms with E-state index in [0.717, 1.165) is 0 Å². The zero-order valence-corrected chi connectivity index (χ0v) is 16.5. The standard InChI is InChI=1S/C23H20N2O5/c1-14-12-16(29-2)8-9-17(14)21(26)19-20(18-7-5-11-30-18)25(23(28)22(19)27)13-15-6-3-4-10-24-15/h3-12,20,26H,13H2,1-2H3/b21-19-. The molecule has 4 rings (SSSR count). The topological polar surface area (TPSA) is 92.9 Å². The average molecular weight is 404 g/mol. The largest absolute Gasteiger partial charge is 0.507 e. The van der Waals surface area contributed by atoms with Gasteiger partial charge >= 0.3 is 0 Å².